The Labute approximate surface area is 120 Å². The molecule has 1 aliphatic rings. The molecule has 0 saturated carbocycles. The van der Waals surface area contributed by atoms with E-state index >= 15 is 0 Å². The summed E-state index contributed by atoms with van der Waals surface area (Å²) in [6.45, 7) is 4.51. The lowest BCUT2D eigenvalue weighted by Crippen LogP contribution is -2.29. The maximum atomic E-state index is 12.0. The first-order valence-electron chi connectivity index (χ1n) is 7.29. The van der Waals surface area contributed by atoms with Gasteiger partial charge in [0.25, 0.3) is 0 Å². The Bertz CT molecular complexity index is 457. The van der Waals surface area contributed by atoms with Crippen molar-refractivity contribution in [3.8, 4) is 0 Å². The smallest absolute Gasteiger partial charge is 0.224 e. The topological polar surface area (TPSA) is 70.1 Å². The average Bonchev–Trinajstić information content (AvgIpc) is 3.01. The predicted octanol–water partition coefficient (Wildman–Crippen LogP) is 1.51. The molecule has 20 heavy (non-hydrogen) atoms. The Morgan fingerprint density at radius 2 is 2.00 bits per heavy atom. The van der Waals surface area contributed by atoms with E-state index in [0.717, 1.165) is 49.6 Å². The van der Waals surface area contributed by atoms with E-state index in [0.29, 0.717) is 13.0 Å². The molecule has 1 aromatic rings. The number of nitrogens with one attached hydrogen (secondary N) is 2. The van der Waals surface area contributed by atoms with Crippen molar-refractivity contribution in [2.45, 2.75) is 32.6 Å². The lowest BCUT2D eigenvalue weighted by atomic mass is 10.2. The third-order valence-corrected chi connectivity index (χ3v) is 3.63. The molecule has 0 atom stereocenters. The second kappa shape index (κ2) is 7.07. The van der Waals surface area contributed by atoms with E-state index in [9.17, 15) is 4.79 Å². The number of hydrogen-bond donors (Lipinski definition) is 2. The van der Waals surface area contributed by atoms with Gasteiger partial charge in [0.2, 0.25) is 5.91 Å². The van der Waals surface area contributed by atoms with Gasteiger partial charge in [0, 0.05) is 38.7 Å². The minimum Gasteiger partial charge on any atom is -0.373 e. The Kier molecular flexibility index (Phi) is 5.15. The molecule has 0 aliphatic carbocycles. The van der Waals surface area contributed by atoms with Crippen LogP contribution in [-0.4, -0.2) is 47.5 Å². The first-order chi connectivity index (χ1) is 9.76. The number of hydrogen-bond acceptors (Lipinski definition) is 5. The molecule has 0 radical (unpaired) electrons. The molecule has 0 spiro atoms. The third-order valence-electron chi connectivity index (χ3n) is 3.63. The van der Waals surface area contributed by atoms with Gasteiger partial charge in [-0.25, -0.2) is 9.97 Å². The van der Waals surface area contributed by atoms with E-state index in [1.165, 1.54) is 6.33 Å². The summed E-state index contributed by atoms with van der Waals surface area (Å²) in [6, 6.07) is 0. The van der Waals surface area contributed by atoms with Crippen LogP contribution in [0.15, 0.2) is 6.33 Å². The quantitative estimate of drug-likeness (QED) is 0.824. The number of carbonyl (C=O) groups is 1. The van der Waals surface area contributed by atoms with Gasteiger partial charge in [0.05, 0.1) is 0 Å². The van der Waals surface area contributed by atoms with Gasteiger partial charge in [-0.3, -0.25) is 4.79 Å². The standard InChI is InChI=1S/C14H23N5O/c1-3-11-13(15-2)17-10-18-14(11)16-7-6-12(20)19-8-4-5-9-19/h10H,3-9H2,1-2H3,(H2,15,16,17,18). The first kappa shape index (κ1) is 14.6. The number of nitrogens with zero attached hydrogens (tertiary/aromatic N) is 3. The van der Waals surface area contributed by atoms with E-state index in [1.807, 2.05) is 11.9 Å². The molecule has 110 valence electrons. The summed E-state index contributed by atoms with van der Waals surface area (Å²) in [5.41, 5.74) is 1.06. The maximum Gasteiger partial charge on any atom is 0.224 e. The van der Waals surface area contributed by atoms with Crippen molar-refractivity contribution in [2.24, 2.45) is 0 Å². The molecule has 2 N–H and O–H groups in total. The summed E-state index contributed by atoms with van der Waals surface area (Å²) in [6.07, 6.45) is 5.17. The first-order valence-corrected chi connectivity index (χ1v) is 7.29. The molecule has 0 aromatic carbocycles. The van der Waals surface area contributed by atoms with E-state index < -0.39 is 0 Å². The van der Waals surface area contributed by atoms with Gasteiger partial charge in [-0.1, -0.05) is 6.92 Å². The minimum absolute atomic E-state index is 0.232. The summed E-state index contributed by atoms with van der Waals surface area (Å²) in [4.78, 5) is 22.4. The van der Waals surface area contributed by atoms with Gasteiger partial charge < -0.3 is 15.5 Å². The van der Waals surface area contributed by atoms with Gasteiger partial charge >= 0.3 is 0 Å². The van der Waals surface area contributed by atoms with Gasteiger partial charge in [0.15, 0.2) is 0 Å². The van der Waals surface area contributed by atoms with Crippen molar-refractivity contribution in [3.63, 3.8) is 0 Å². The van der Waals surface area contributed by atoms with E-state index in [1.54, 1.807) is 0 Å². The van der Waals surface area contributed by atoms with Crippen LogP contribution in [0.2, 0.25) is 0 Å². The van der Waals surface area contributed by atoms with Gasteiger partial charge in [-0.2, -0.15) is 0 Å². The van der Waals surface area contributed by atoms with Crippen molar-refractivity contribution in [3.05, 3.63) is 11.9 Å². The van der Waals surface area contributed by atoms with Crippen molar-refractivity contribution >= 4 is 17.5 Å². The molecule has 2 heterocycles. The van der Waals surface area contributed by atoms with E-state index in [-0.39, 0.29) is 5.91 Å². The lowest BCUT2D eigenvalue weighted by molar-refractivity contribution is -0.129. The van der Waals surface area contributed by atoms with Crippen LogP contribution in [0.5, 0.6) is 0 Å². The highest BCUT2D eigenvalue weighted by Crippen LogP contribution is 2.19. The number of carbonyl (C=O) groups excluding carboxylic acids is 1. The predicted molar refractivity (Wildman–Crippen MR) is 79.9 cm³/mol. The molecule has 6 nitrogen and oxygen atoms in total. The average molecular weight is 277 g/mol. The van der Waals surface area contributed by atoms with E-state index in [4.69, 9.17) is 0 Å². The van der Waals surface area contributed by atoms with E-state index in [2.05, 4.69) is 27.5 Å². The second-order valence-electron chi connectivity index (χ2n) is 4.92. The Morgan fingerprint density at radius 3 is 2.65 bits per heavy atom. The highest BCUT2D eigenvalue weighted by atomic mass is 16.2. The molecule has 2 rings (SSSR count). The number of likely N-dealkylation sites (tertiary alicyclic amines) is 1. The zero-order valence-corrected chi connectivity index (χ0v) is 12.3. The summed E-state index contributed by atoms with van der Waals surface area (Å²) in [5, 5.41) is 6.32. The zero-order chi connectivity index (χ0) is 14.4. The fraction of sp³-hybridized carbons (Fsp3) is 0.643. The van der Waals surface area contributed by atoms with Crippen LogP contribution in [0, 0.1) is 0 Å². The minimum atomic E-state index is 0.232. The van der Waals surface area contributed by atoms with Crippen molar-refractivity contribution in [1.29, 1.82) is 0 Å². The molecular formula is C14H23N5O. The molecule has 1 aliphatic heterocycles. The fourth-order valence-electron chi connectivity index (χ4n) is 2.53. The van der Waals surface area contributed by atoms with Crippen molar-refractivity contribution in [1.82, 2.24) is 14.9 Å². The highest BCUT2D eigenvalue weighted by Gasteiger charge is 2.17. The number of rotatable bonds is 6. The molecule has 1 aromatic heterocycles. The lowest BCUT2D eigenvalue weighted by Gasteiger charge is -2.16. The maximum absolute atomic E-state index is 12.0. The second-order valence-corrected chi connectivity index (χ2v) is 4.92. The molecule has 1 saturated heterocycles. The fourth-order valence-corrected chi connectivity index (χ4v) is 2.53. The van der Waals surface area contributed by atoms with Crippen LogP contribution in [-0.2, 0) is 11.2 Å². The van der Waals surface area contributed by atoms with Gasteiger partial charge in [-0.15, -0.1) is 0 Å². The van der Waals surface area contributed by atoms with Crippen LogP contribution in [0.3, 0.4) is 0 Å². The monoisotopic (exact) mass is 277 g/mol. The van der Waals surface area contributed by atoms with Crippen LogP contribution >= 0.6 is 0 Å². The zero-order valence-electron chi connectivity index (χ0n) is 12.3. The van der Waals surface area contributed by atoms with Crippen LogP contribution < -0.4 is 10.6 Å². The molecule has 6 heteroatoms. The Hall–Kier alpha value is -1.85. The molecule has 0 unspecified atom stereocenters. The Balaban J connectivity index is 1.89. The number of aromatic nitrogens is 2. The van der Waals surface area contributed by atoms with Gasteiger partial charge in [0.1, 0.15) is 18.0 Å². The highest BCUT2D eigenvalue weighted by molar-refractivity contribution is 5.77. The van der Waals surface area contributed by atoms with Crippen LogP contribution in [0.4, 0.5) is 11.6 Å². The molecule has 0 bridgehead atoms. The van der Waals surface area contributed by atoms with Gasteiger partial charge in [-0.05, 0) is 19.3 Å². The third kappa shape index (κ3) is 3.37. The SMILES string of the molecule is CCc1c(NC)ncnc1NCCC(=O)N1CCCC1. The largest absolute Gasteiger partial charge is 0.373 e. The molecule has 1 fully saturated rings. The summed E-state index contributed by atoms with van der Waals surface area (Å²) in [5.74, 6) is 1.90. The summed E-state index contributed by atoms with van der Waals surface area (Å²) in [7, 11) is 1.85. The molecule has 1 amide bonds. The molecular weight excluding hydrogens is 254 g/mol. The normalized spacial score (nSPS) is 14.4. The van der Waals surface area contributed by atoms with Crippen molar-refractivity contribution < 1.29 is 4.79 Å². The summed E-state index contributed by atoms with van der Waals surface area (Å²) >= 11 is 0. The van der Waals surface area contributed by atoms with Crippen molar-refractivity contribution in [2.75, 3.05) is 37.3 Å². The number of amides is 1. The van der Waals surface area contributed by atoms with Crippen LogP contribution in [0.1, 0.15) is 31.7 Å². The Morgan fingerprint density at radius 1 is 1.30 bits per heavy atom. The summed E-state index contributed by atoms with van der Waals surface area (Å²) < 4.78 is 0. The van der Waals surface area contributed by atoms with Crippen LogP contribution in [0.25, 0.3) is 0 Å². The number of anilines is 2.